The number of alkyl halides is 3. The number of amides is 1. The molecule has 2 aromatic carbocycles. The lowest BCUT2D eigenvalue weighted by Crippen LogP contribution is -2.32. The maximum atomic E-state index is 12.7. The number of aryl methyl sites for hydroxylation is 1. The van der Waals surface area contributed by atoms with Crippen molar-refractivity contribution in [3.8, 4) is 0 Å². The van der Waals surface area contributed by atoms with Gasteiger partial charge in [0, 0.05) is 30.1 Å². The summed E-state index contributed by atoms with van der Waals surface area (Å²) in [5.74, 6) is 1.65. The van der Waals surface area contributed by atoms with E-state index < -0.39 is 11.7 Å². The molecule has 1 amide bonds. The van der Waals surface area contributed by atoms with E-state index in [9.17, 15) is 18.0 Å². The summed E-state index contributed by atoms with van der Waals surface area (Å²) in [6.45, 7) is 1.09. The van der Waals surface area contributed by atoms with Crippen LogP contribution in [0.15, 0.2) is 54.6 Å². The van der Waals surface area contributed by atoms with Gasteiger partial charge in [-0.3, -0.25) is 4.79 Å². The Bertz CT molecular complexity index is 1140. The fourth-order valence-corrected chi connectivity index (χ4v) is 4.90. The first kappa shape index (κ1) is 20.8. The fraction of sp³-hybridized carbons (Fsp3) is 0.360. The van der Waals surface area contributed by atoms with Crippen molar-refractivity contribution in [2.24, 2.45) is 5.92 Å². The third-order valence-electron chi connectivity index (χ3n) is 6.58. The molecule has 2 aliphatic rings. The van der Waals surface area contributed by atoms with Crippen molar-refractivity contribution in [2.75, 3.05) is 16.8 Å². The lowest BCUT2D eigenvalue weighted by atomic mass is 10.1. The summed E-state index contributed by atoms with van der Waals surface area (Å²) < 4.78 is 38.0. The molecule has 2 heterocycles. The predicted octanol–water partition coefficient (Wildman–Crippen LogP) is 5.81. The van der Waals surface area contributed by atoms with E-state index in [2.05, 4.69) is 16.3 Å². The van der Waals surface area contributed by atoms with Crippen LogP contribution in [0.3, 0.4) is 0 Å². The third kappa shape index (κ3) is 4.29. The Morgan fingerprint density at radius 2 is 1.88 bits per heavy atom. The minimum Gasteiger partial charge on any atom is -0.353 e. The zero-order valence-corrected chi connectivity index (χ0v) is 17.5. The highest BCUT2D eigenvalue weighted by molar-refractivity contribution is 5.94. The van der Waals surface area contributed by atoms with E-state index in [-0.39, 0.29) is 12.3 Å². The van der Waals surface area contributed by atoms with Gasteiger partial charge in [-0.1, -0.05) is 12.1 Å². The van der Waals surface area contributed by atoms with Crippen molar-refractivity contribution in [1.82, 2.24) is 4.98 Å². The zero-order chi connectivity index (χ0) is 22.3. The second kappa shape index (κ2) is 8.11. The molecule has 2 atom stereocenters. The number of fused-ring (bicyclic) bond motifs is 3. The lowest BCUT2D eigenvalue weighted by Gasteiger charge is -2.28. The quantitative estimate of drug-likeness (QED) is 0.545. The number of hydrogen-bond acceptors (Lipinski definition) is 3. The molecule has 1 N–H and O–H groups in total. The molecule has 1 aliphatic carbocycles. The summed E-state index contributed by atoms with van der Waals surface area (Å²) >= 11 is 0. The number of rotatable bonds is 5. The molecule has 3 aromatic rings. The minimum atomic E-state index is -4.35. The van der Waals surface area contributed by atoms with E-state index in [0.29, 0.717) is 23.7 Å². The van der Waals surface area contributed by atoms with Gasteiger partial charge in [-0.2, -0.15) is 13.2 Å². The van der Waals surface area contributed by atoms with E-state index in [1.54, 1.807) is 0 Å². The highest BCUT2D eigenvalue weighted by atomic mass is 19.4. The summed E-state index contributed by atoms with van der Waals surface area (Å²) in [4.78, 5) is 19.6. The number of aromatic nitrogens is 1. The zero-order valence-electron chi connectivity index (χ0n) is 17.5. The van der Waals surface area contributed by atoms with Crippen molar-refractivity contribution in [3.05, 3.63) is 65.7 Å². The summed E-state index contributed by atoms with van der Waals surface area (Å²) in [7, 11) is 0. The molecule has 0 spiro atoms. The van der Waals surface area contributed by atoms with Crippen molar-refractivity contribution >= 4 is 28.3 Å². The van der Waals surface area contributed by atoms with Crippen LogP contribution < -0.4 is 10.2 Å². The monoisotopic (exact) mass is 439 g/mol. The van der Waals surface area contributed by atoms with Crippen LogP contribution in [0.25, 0.3) is 10.9 Å². The van der Waals surface area contributed by atoms with Gasteiger partial charge in [-0.25, -0.2) is 4.98 Å². The molecule has 1 saturated carbocycles. The van der Waals surface area contributed by atoms with Gasteiger partial charge in [0.2, 0.25) is 5.91 Å². The molecule has 1 aliphatic heterocycles. The van der Waals surface area contributed by atoms with E-state index >= 15 is 0 Å². The first-order valence-corrected chi connectivity index (χ1v) is 11.0. The van der Waals surface area contributed by atoms with Crippen LogP contribution >= 0.6 is 0 Å². The first-order chi connectivity index (χ1) is 15.3. The molecule has 4 nitrogen and oxygen atoms in total. The molecular weight excluding hydrogens is 415 g/mol. The smallest absolute Gasteiger partial charge is 0.353 e. The molecule has 2 bridgehead atoms. The van der Waals surface area contributed by atoms with E-state index in [4.69, 9.17) is 4.98 Å². The fourth-order valence-electron chi connectivity index (χ4n) is 4.90. The number of nitrogens with one attached hydrogen (secondary N) is 1. The molecule has 32 heavy (non-hydrogen) atoms. The van der Waals surface area contributed by atoms with Gasteiger partial charge >= 0.3 is 6.18 Å². The van der Waals surface area contributed by atoms with E-state index in [1.165, 1.54) is 31.4 Å². The maximum absolute atomic E-state index is 12.7. The van der Waals surface area contributed by atoms with Gasteiger partial charge in [0.15, 0.2) is 0 Å². The Kier molecular flexibility index (Phi) is 5.27. The molecular formula is C25H24F3N3O. The van der Waals surface area contributed by atoms with Crippen LogP contribution in [0, 0.1) is 5.92 Å². The van der Waals surface area contributed by atoms with Crippen molar-refractivity contribution < 1.29 is 18.0 Å². The summed E-state index contributed by atoms with van der Waals surface area (Å²) in [6, 6.07) is 15.3. The van der Waals surface area contributed by atoms with Crippen LogP contribution in [0.5, 0.6) is 0 Å². The SMILES string of the molecule is O=C(CCc1ccc(C(F)(F)F)cc1)Nc1ccc2nc(N3C[C@H]4CC[C@H]3C4)ccc2c1. The van der Waals surface area contributed by atoms with Gasteiger partial charge in [-0.05, 0) is 79.6 Å². The van der Waals surface area contributed by atoms with Crippen LogP contribution in [-0.4, -0.2) is 23.5 Å². The van der Waals surface area contributed by atoms with Crippen molar-refractivity contribution in [2.45, 2.75) is 44.3 Å². The normalized spacial score (nSPS) is 20.2. The van der Waals surface area contributed by atoms with Gasteiger partial charge in [-0.15, -0.1) is 0 Å². The Morgan fingerprint density at radius 1 is 1.06 bits per heavy atom. The largest absolute Gasteiger partial charge is 0.416 e. The van der Waals surface area contributed by atoms with Crippen LogP contribution in [-0.2, 0) is 17.4 Å². The summed E-state index contributed by atoms with van der Waals surface area (Å²) in [5.41, 5.74) is 1.59. The number of halogens is 3. The Balaban J connectivity index is 1.20. The molecule has 1 saturated heterocycles. The Labute approximate surface area is 184 Å². The van der Waals surface area contributed by atoms with Gasteiger partial charge in [0.25, 0.3) is 0 Å². The highest BCUT2D eigenvalue weighted by Gasteiger charge is 2.38. The second-order valence-electron chi connectivity index (χ2n) is 8.81. The molecule has 1 aromatic heterocycles. The number of pyridine rings is 1. The molecule has 166 valence electrons. The number of carbonyl (C=O) groups is 1. The van der Waals surface area contributed by atoms with Gasteiger partial charge in [0.05, 0.1) is 11.1 Å². The number of benzene rings is 2. The topological polar surface area (TPSA) is 45.2 Å². The van der Waals surface area contributed by atoms with Crippen molar-refractivity contribution in [1.29, 1.82) is 0 Å². The number of anilines is 2. The molecule has 0 unspecified atom stereocenters. The lowest BCUT2D eigenvalue weighted by molar-refractivity contribution is -0.137. The Hall–Kier alpha value is -3.09. The average molecular weight is 439 g/mol. The number of hydrogen-bond donors (Lipinski definition) is 1. The number of carbonyl (C=O) groups excluding carboxylic acids is 1. The number of nitrogens with zero attached hydrogens (tertiary/aromatic N) is 2. The third-order valence-corrected chi connectivity index (χ3v) is 6.58. The van der Waals surface area contributed by atoms with Crippen LogP contribution in [0.1, 0.15) is 36.8 Å². The highest BCUT2D eigenvalue weighted by Crippen LogP contribution is 2.40. The number of piperidine rings is 1. The summed E-state index contributed by atoms with van der Waals surface area (Å²) in [6.07, 6.45) is 0.0733. The average Bonchev–Trinajstić information content (AvgIpc) is 3.41. The molecule has 5 rings (SSSR count). The second-order valence-corrected chi connectivity index (χ2v) is 8.81. The van der Waals surface area contributed by atoms with Crippen LogP contribution in [0.2, 0.25) is 0 Å². The van der Waals surface area contributed by atoms with Crippen LogP contribution in [0.4, 0.5) is 24.7 Å². The standard InChI is InChI=1S/C25H24F3N3O/c26-25(27,28)19-6-1-16(2-7-19)4-12-24(32)29-20-8-10-22-18(14-20)5-11-23(30-22)31-15-17-3-9-21(31)13-17/h1-2,5-8,10-11,14,17,21H,3-4,9,12-13,15H2,(H,29,32)/t17-,21-/m0/s1. The maximum Gasteiger partial charge on any atom is 0.416 e. The van der Waals surface area contributed by atoms with E-state index in [0.717, 1.165) is 41.3 Å². The summed E-state index contributed by atoms with van der Waals surface area (Å²) in [5, 5.41) is 3.83. The minimum absolute atomic E-state index is 0.179. The van der Waals surface area contributed by atoms with Gasteiger partial charge in [0.1, 0.15) is 5.82 Å². The molecule has 0 radical (unpaired) electrons. The molecule has 7 heteroatoms. The van der Waals surface area contributed by atoms with E-state index in [1.807, 2.05) is 24.3 Å². The van der Waals surface area contributed by atoms with Crippen molar-refractivity contribution in [3.63, 3.8) is 0 Å². The predicted molar refractivity (Wildman–Crippen MR) is 119 cm³/mol. The Morgan fingerprint density at radius 3 is 2.56 bits per heavy atom. The molecule has 2 fully saturated rings. The van der Waals surface area contributed by atoms with Gasteiger partial charge < -0.3 is 10.2 Å². The first-order valence-electron chi connectivity index (χ1n) is 11.0.